The van der Waals surface area contributed by atoms with Gasteiger partial charge in [0.15, 0.2) is 0 Å². The van der Waals surface area contributed by atoms with E-state index in [9.17, 15) is 4.79 Å². The van der Waals surface area contributed by atoms with Crippen LogP contribution in [0, 0.1) is 40.4 Å². The van der Waals surface area contributed by atoms with Crippen LogP contribution >= 0.6 is 0 Å². The van der Waals surface area contributed by atoms with Gasteiger partial charge in [-0.3, -0.25) is 4.79 Å². The zero-order chi connectivity index (χ0) is 18.8. The second kappa shape index (κ2) is 6.31. The van der Waals surface area contributed by atoms with Crippen molar-refractivity contribution in [2.45, 2.75) is 71.6 Å². The van der Waals surface area contributed by atoms with Crippen LogP contribution in [0.15, 0.2) is 23.8 Å². The predicted octanol–water partition coefficient (Wildman–Crippen LogP) is 5.30. The molecule has 1 aliphatic heterocycles. The average Bonchev–Trinajstić information content (AvgIpc) is 2.90. The third kappa shape index (κ3) is 2.65. The normalized spacial score (nSPS) is 48.7. The Hall–Kier alpha value is -0.890. The lowest BCUT2D eigenvalue weighted by Crippen LogP contribution is -2.53. The first kappa shape index (κ1) is 18.2. The number of carbonyl (C=O) groups excluding carboxylic acids is 1. The first-order chi connectivity index (χ1) is 12.9. The van der Waals surface area contributed by atoms with Crippen molar-refractivity contribution in [2.75, 3.05) is 13.1 Å². The Labute approximate surface area is 165 Å². The number of nitrogens with one attached hydrogen (secondary N) is 1. The van der Waals surface area contributed by atoms with E-state index in [1.165, 1.54) is 57.2 Å². The van der Waals surface area contributed by atoms with Gasteiger partial charge in [-0.2, -0.15) is 0 Å². The van der Waals surface area contributed by atoms with E-state index in [0.717, 1.165) is 37.0 Å². The minimum Gasteiger partial charge on any atom is -0.316 e. The SMILES string of the molecule is C=C1CC2C/C(=C/CC3CNC3)CCC2(C)C2CCC3(C)C(=O)CCC3C12. The molecule has 2 heteroatoms. The lowest BCUT2D eigenvalue weighted by atomic mass is 9.44. The molecule has 1 saturated heterocycles. The number of Topliss-reactive ketones (excluding diaryl/α,β-unsaturated/α-hetero) is 1. The van der Waals surface area contributed by atoms with Crippen molar-refractivity contribution in [3.05, 3.63) is 23.8 Å². The highest BCUT2D eigenvalue weighted by Crippen LogP contribution is 2.66. The summed E-state index contributed by atoms with van der Waals surface area (Å²) >= 11 is 0. The second-order valence-electron chi connectivity index (χ2n) is 11.0. The molecule has 0 amide bonds. The van der Waals surface area contributed by atoms with Gasteiger partial charge in [0, 0.05) is 11.8 Å². The molecule has 4 saturated carbocycles. The minimum atomic E-state index is -0.0379. The van der Waals surface area contributed by atoms with Gasteiger partial charge in [0.1, 0.15) is 5.78 Å². The Morgan fingerprint density at radius 2 is 1.93 bits per heavy atom. The van der Waals surface area contributed by atoms with Crippen molar-refractivity contribution in [1.29, 1.82) is 0 Å². The van der Waals surface area contributed by atoms with Crippen molar-refractivity contribution in [2.24, 2.45) is 40.4 Å². The Balaban J connectivity index is 1.37. The molecular weight excluding hydrogens is 330 g/mol. The fourth-order valence-corrected chi connectivity index (χ4v) is 7.79. The van der Waals surface area contributed by atoms with Crippen LogP contribution in [0.4, 0.5) is 0 Å². The first-order valence-electron chi connectivity index (χ1n) is 11.5. The molecule has 0 radical (unpaired) electrons. The summed E-state index contributed by atoms with van der Waals surface area (Å²) in [6.45, 7) is 11.9. The van der Waals surface area contributed by atoms with Crippen molar-refractivity contribution < 1.29 is 4.79 Å². The highest BCUT2D eigenvalue weighted by Gasteiger charge is 2.60. The molecule has 27 heavy (non-hydrogen) atoms. The summed E-state index contributed by atoms with van der Waals surface area (Å²) in [5.41, 5.74) is 3.66. The third-order valence-electron chi connectivity index (χ3n) is 9.84. The van der Waals surface area contributed by atoms with Gasteiger partial charge in [0.25, 0.3) is 0 Å². The van der Waals surface area contributed by atoms with Crippen molar-refractivity contribution in [1.82, 2.24) is 5.32 Å². The molecule has 0 aromatic heterocycles. The Morgan fingerprint density at radius 1 is 1.11 bits per heavy atom. The number of hydrogen-bond donors (Lipinski definition) is 1. The van der Waals surface area contributed by atoms with Crippen LogP contribution in [0.2, 0.25) is 0 Å². The Morgan fingerprint density at radius 3 is 2.67 bits per heavy atom. The minimum absolute atomic E-state index is 0.0379. The van der Waals surface area contributed by atoms with Gasteiger partial charge >= 0.3 is 0 Å². The van der Waals surface area contributed by atoms with E-state index in [2.05, 4.69) is 31.8 Å². The molecule has 5 aliphatic rings. The standard InChI is InChI=1S/C25H37NO/c1-16-12-19-13-17(4-5-18-14-26-15-18)8-10-24(19,2)21-9-11-25(3)20(23(16)21)6-7-22(25)27/h4,18-21,23,26H,1,5-15H2,2-3H3/b17-4+. The molecule has 6 atom stereocenters. The highest BCUT2D eigenvalue weighted by atomic mass is 16.1. The zero-order valence-electron chi connectivity index (χ0n) is 17.4. The van der Waals surface area contributed by atoms with E-state index in [4.69, 9.17) is 0 Å². The van der Waals surface area contributed by atoms with Crippen molar-refractivity contribution >= 4 is 5.78 Å². The van der Waals surface area contributed by atoms with Crippen LogP contribution in [0.25, 0.3) is 0 Å². The highest BCUT2D eigenvalue weighted by molar-refractivity contribution is 5.87. The molecule has 1 heterocycles. The molecule has 148 valence electrons. The van der Waals surface area contributed by atoms with Crippen LogP contribution in [-0.4, -0.2) is 18.9 Å². The van der Waals surface area contributed by atoms with E-state index < -0.39 is 0 Å². The van der Waals surface area contributed by atoms with Crippen LogP contribution < -0.4 is 5.32 Å². The maximum Gasteiger partial charge on any atom is 0.139 e. The monoisotopic (exact) mass is 367 g/mol. The van der Waals surface area contributed by atoms with Gasteiger partial charge in [-0.05, 0) is 99.5 Å². The molecule has 1 N–H and O–H groups in total. The van der Waals surface area contributed by atoms with Crippen LogP contribution in [0.5, 0.6) is 0 Å². The van der Waals surface area contributed by atoms with Crippen LogP contribution in [-0.2, 0) is 4.79 Å². The van der Waals surface area contributed by atoms with Gasteiger partial charge in [-0.15, -0.1) is 0 Å². The molecule has 0 bridgehead atoms. The average molecular weight is 368 g/mol. The fourth-order valence-electron chi connectivity index (χ4n) is 7.79. The number of ketones is 1. The molecular formula is C25H37NO. The molecule has 5 fully saturated rings. The summed E-state index contributed by atoms with van der Waals surface area (Å²) < 4.78 is 0. The van der Waals surface area contributed by atoms with Crippen LogP contribution in [0.3, 0.4) is 0 Å². The number of rotatable bonds is 2. The van der Waals surface area contributed by atoms with E-state index in [1.807, 2.05) is 0 Å². The smallest absolute Gasteiger partial charge is 0.139 e. The lowest BCUT2D eigenvalue weighted by molar-refractivity contribution is -0.133. The van der Waals surface area contributed by atoms with Gasteiger partial charge < -0.3 is 5.32 Å². The number of carbonyl (C=O) groups is 1. The Kier molecular flexibility index (Phi) is 4.24. The maximum atomic E-state index is 12.6. The molecule has 4 aliphatic carbocycles. The van der Waals surface area contributed by atoms with Gasteiger partial charge in [-0.25, -0.2) is 0 Å². The molecule has 0 aromatic carbocycles. The van der Waals surface area contributed by atoms with Crippen molar-refractivity contribution in [3.8, 4) is 0 Å². The summed E-state index contributed by atoms with van der Waals surface area (Å²) in [7, 11) is 0. The molecule has 6 unspecified atom stereocenters. The predicted molar refractivity (Wildman–Crippen MR) is 110 cm³/mol. The van der Waals surface area contributed by atoms with E-state index in [-0.39, 0.29) is 5.41 Å². The lowest BCUT2D eigenvalue weighted by Gasteiger charge is -2.60. The van der Waals surface area contributed by atoms with Gasteiger partial charge in [-0.1, -0.05) is 37.6 Å². The quantitative estimate of drug-likeness (QED) is 0.671. The van der Waals surface area contributed by atoms with Gasteiger partial charge in [0.2, 0.25) is 0 Å². The zero-order valence-corrected chi connectivity index (χ0v) is 17.4. The maximum absolute atomic E-state index is 12.6. The van der Waals surface area contributed by atoms with E-state index in [1.54, 1.807) is 5.57 Å². The van der Waals surface area contributed by atoms with Gasteiger partial charge in [0.05, 0.1) is 0 Å². The number of allylic oxidation sites excluding steroid dienone is 3. The first-order valence-corrected chi connectivity index (χ1v) is 11.5. The van der Waals surface area contributed by atoms with Crippen LogP contribution in [0.1, 0.15) is 71.6 Å². The summed E-state index contributed by atoms with van der Waals surface area (Å²) in [6.07, 6.45) is 13.4. The largest absolute Gasteiger partial charge is 0.316 e. The van der Waals surface area contributed by atoms with E-state index in [0.29, 0.717) is 23.0 Å². The molecule has 2 nitrogen and oxygen atoms in total. The Bertz CT molecular complexity index is 688. The summed E-state index contributed by atoms with van der Waals surface area (Å²) in [5, 5.41) is 3.40. The summed E-state index contributed by atoms with van der Waals surface area (Å²) in [5.74, 6) is 4.18. The molecule has 0 spiro atoms. The number of fused-ring (bicyclic) bond motifs is 5. The topological polar surface area (TPSA) is 29.1 Å². The summed E-state index contributed by atoms with van der Waals surface area (Å²) in [4.78, 5) is 12.6. The number of hydrogen-bond acceptors (Lipinski definition) is 2. The summed E-state index contributed by atoms with van der Waals surface area (Å²) in [6, 6.07) is 0. The second-order valence-corrected chi connectivity index (χ2v) is 11.0. The third-order valence-corrected chi connectivity index (χ3v) is 9.84. The molecule has 5 rings (SSSR count). The fraction of sp³-hybridized carbons (Fsp3) is 0.800. The van der Waals surface area contributed by atoms with E-state index >= 15 is 0 Å². The molecule has 0 aromatic rings. The van der Waals surface area contributed by atoms with Crippen molar-refractivity contribution in [3.63, 3.8) is 0 Å².